The topological polar surface area (TPSA) is 58.4 Å². The van der Waals surface area contributed by atoms with Gasteiger partial charge in [-0.15, -0.1) is 0 Å². The minimum Gasteiger partial charge on any atom is -0.334 e. The Morgan fingerprint density at radius 2 is 1.72 bits per heavy atom. The molecule has 0 amide bonds. The summed E-state index contributed by atoms with van der Waals surface area (Å²) >= 11 is 0. The van der Waals surface area contributed by atoms with Gasteiger partial charge in [0.1, 0.15) is 17.5 Å². The van der Waals surface area contributed by atoms with Gasteiger partial charge in [-0.2, -0.15) is 4.31 Å². The molecule has 0 unspecified atom stereocenters. The van der Waals surface area contributed by atoms with Crippen molar-refractivity contribution in [2.45, 2.75) is 18.4 Å². The second kappa shape index (κ2) is 7.19. The Morgan fingerprint density at radius 3 is 2.28 bits per heavy atom. The van der Waals surface area contributed by atoms with E-state index in [4.69, 9.17) is 0 Å². The molecule has 136 valence electrons. The highest BCUT2D eigenvalue weighted by molar-refractivity contribution is 7.89. The average Bonchev–Trinajstić information content (AvgIpc) is 2.98. The summed E-state index contributed by atoms with van der Waals surface area (Å²) in [5.41, 5.74) is 0. The molecular weight excluding hydrogens is 350 g/mol. The second-order valence-corrected chi connectivity index (χ2v) is 7.84. The number of imidazole rings is 1. The summed E-state index contributed by atoms with van der Waals surface area (Å²) in [6.45, 7) is 4.90. The van der Waals surface area contributed by atoms with Crippen molar-refractivity contribution in [3.05, 3.63) is 48.1 Å². The highest BCUT2D eigenvalue weighted by Gasteiger charge is 2.32. The molecule has 25 heavy (non-hydrogen) atoms. The van der Waals surface area contributed by atoms with Crippen molar-refractivity contribution in [1.82, 2.24) is 18.8 Å². The van der Waals surface area contributed by atoms with E-state index in [-0.39, 0.29) is 13.1 Å². The second-order valence-electron chi connectivity index (χ2n) is 5.96. The maximum absolute atomic E-state index is 13.8. The Kier molecular flexibility index (Phi) is 5.16. The van der Waals surface area contributed by atoms with Crippen LogP contribution in [-0.4, -0.2) is 59.9 Å². The van der Waals surface area contributed by atoms with Crippen LogP contribution in [0, 0.1) is 18.6 Å². The van der Waals surface area contributed by atoms with Crippen molar-refractivity contribution in [2.24, 2.45) is 0 Å². The van der Waals surface area contributed by atoms with Crippen LogP contribution in [0.1, 0.15) is 5.82 Å². The lowest BCUT2D eigenvalue weighted by Gasteiger charge is -2.34. The third kappa shape index (κ3) is 3.73. The molecule has 0 radical (unpaired) electrons. The largest absolute Gasteiger partial charge is 0.334 e. The Labute approximate surface area is 145 Å². The molecule has 0 N–H and O–H groups in total. The SMILES string of the molecule is Cc1nccn1CCN1CCN(S(=O)(=O)c2c(F)cccc2F)CC1. The van der Waals surface area contributed by atoms with Gasteiger partial charge in [0.05, 0.1) is 0 Å². The highest BCUT2D eigenvalue weighted by Crippen LogP contribution is 2.23. The molecule has 1 saturated heterocycles. The fourth-order valence-corrected chi connectivity index (χ4v) is 4.47. The Balaban J connectivity index is 1.63. The maximum Gasteiger partial charge on any atom is 0.249 e. The van der Waals surface area contributed by atoms with Crippen molar-refractivity contribution >= 4 is 10.0 Å². The number of aromatic nitrogens is 2. The number of halogens is 2. The van der Waals surface area contributed by atoms with E-state index >= 15 is 0 Å². The number of rotatable bonds is 5. The van der Waals surface area contributed by atoms with Gasteiger partial charge < -0.3 is 4.57 Å². The number of piperazine rings is 1. The monoisotopic (exact) mass is 370 g/mol. The standard InChI is InChI=1S/C16H20F2N4O2S/c1-13-19-5-6-21(13)10-7-20-8-11-22(12-9-20)25(23,24)16-14(17)3-2-4-15(16)18/h2-6H,7-12H2,1H3. The first kappa shape index (κ1) is 18.0. The summed E-state index contributed by atoms with van der Waals surface area (Å²) in [5.74, 6) is -1.19. The molecule has 1 aromatic heterocycles. The molecule has 0 atom stereocenters. The van der Waals surface area contributed by atoms with Gasteiger partial charge in [-0.1, -0.05) is 6.07 Å². The molecule has 1 aliphatic rings. The van der Waals surface area contributed by atoms with E-state index in [9.17, 15) is 17.2 Å². The van der Waals surface area contributed by atoms with Crippen molar-refractivity contribution in [3.63, 3.8) is 0 Å². The zero-order valence-electron chi connectivity index (χ0n) is 13.9. The van der Waals surface area contributed by atoms with E-state index in [2.05, 4.69) is 9.88 Å². The van der Waals surface area contributed by atoms with Gasteiger partial charge in [-0.25, -0.2) is 22.2 Å². The van der Waals surface area contributed by atoms with Crippen LogP contribution < -0.4 is 0 Å². The molecule has 3 rings (SSSR count). The number of aryl methyl sites for hydroxylation is 1. The molecule has 0 spiro atoms. The van der Waals surface area contributed by atoms with Crippen LogP contribution in [-0.2, 0) is 16.6 Å². The van der Waals surface area contributed by atoms with Crippen LogP contribution in [0.5, 0.6) is 0 Å². The number of hydrogen-bond donors (Lipinski definition) is 0. The minimum absolute atomic E-state index is 0.207. The third-order valence-electron chi connectivity index (χ3n) is 4.43. The fraction of sp³-hybridized carbons (Fsp3) is 0.438. The molecule has 6 nitrogen and oxygen atoms in total. The third-order valence-corrected chi connectivity index (χ3v) is 6.38. The molecule has 9 heteroatoms. The van der Waals surface area contributed by atoms with E-state index in [0.717, 1.165) is 41.4 Å². The van der Waals surface area contributed by atoms with E-state index in [0.29, 0.717) is 13.1 Å². The molecular formula is C16H20F2N4O2S. The first-order chi connectivity index (χ1) is 11.9. The average molecular weight is 370 g/mol. The summed E-state index contributed by atoms with van der Waals surface area (Å²) in [5, 5.41) is 0. The summed E-state index contributed by atoms with van der Waals surface area (Å²) in [4.78, 5) is 5.43. The maximum atomic E-state index is 13.8. The van der Waals surface area contributed by atoms with Crippen molar-refractivity contribution in [2.75, 3.05) is 32.7 Å². The molecule has 0 aliphatic carbocycles. The van der Waals surface area contributed by atoms with E-state index in [1.165, 1.54) is 0 Å². The molecule has 0 saturated carbocycles. The van der Waals surface area contributed by atoms with E-state index in [1.807, 2.05) is 17.7 Å². The smallest absolute Gasteiger partial charge is 0.249 e. The molecule has 1 aliphatic heterocycles. The molecule has 2 heterocycles. The van der Waals surface area contributed by atoms with Gasteiger partial charge in [0.2, 0.25) is 10.0 Å². The Morgan fingerprint density at radius 1 is 1.08 bits per heavy atom. The van der Waals surface area contributed by atoms with Crippen LogP contribution in [0.2, 0.25) is 0 Å². The van der Waals surface area contributed by atoms with Crippen LogP contribution in [0.25, 0.3) is 0 Å². The summed E-state index contributed by atoms with van der Waals surface area (Å²) in [6.07, 6.45) is 3.64. The van der Waals surface area contributed by atoms with Crippen molar-refractivity contribution in [3.8, 4) is 0 Å². The zero-order valence-corrected chi connectivity index (χ0v) is 14.7. The first-order valence-electron chi connectivity index (χ1n) is 8.04. The molecule has 2 aromatic rings. The van der Waals surface area contributed by atoms with Crippen LogP contribution in [0.3, 0.4) is 0 Å². The first-order valence-corrected chi connectivity index (χ1v) is 9.48. The number of hydrogen-bond acceptors (Lipinski definition) is 4. The molecule has 0 bridgehead atoms. The molecule has 1 aromatic carbocycles. The van der Waals surface area contributed by atoms with Gasteiger partial charge in [0.25, 0.3) is 0 Å². The lowest BCUT2D eigenvalue weighted by atomic mass is 10.3. The van der Waals surface area contributed by atoms with Crippen LogP contribution in [0.15, 0.2) is 35.5 Å². The number of sulfonamides is 1. The lowest BCUT2D eigenvalue weighted by molar-refractivity contribution is 0.182. The van der Waals surface area contributed by atoms with Gasteiger partial charge in [0, 0.05) is 51.7 Å². The zero-order chi connectivity index (χ0) is 18.0. The number of nitrogens with zero attached hydrogens (tertiary/aromatic N) is 4. The van der Waals surface area contributed by atoms with Crippen LogP contribution >= 0.6 is 0 Å². The van der Waals surface area contributed by atoms with Gasteiger partial charge >= 0.3 is 0 Å². The predicted octanol–water partition coefficient (Wildman–Crippen LogP) is 1.48. The van der Waals surface area contributed by atoms with E-state index in [1.54, 1.807) is 6.20 Å². The van der Waals surface area contributed by atoms with E-state index < -0.39 is 26.6 Å². The summed E-state index contributed by atoms with van der Waals surface area (Å²) in [7, 11) is -4.17. The summed E-state index contributed by atoms with van der Waals surface area (Å²) < 4.78 is 55.9. The highest BCUT2D eigenvalue weighted by atomic mass is 32.2. The fourth-order valence-electron chi connectivity index (χ4n) is 2.94. The van der Waals surface area contributed by atoms with Crippen molar-refractivity contribution < 1.29 is 17.2 Å². The van der Waals surface area contributed by atoms with Gasteiger partial charge in [0.15, 0.2) is 4.90 Å². The molecule has 1 fully saturated rings. The van der Waals surface area contributed by atoms with Crippen molar-refractivity contribution in [1.29, 1.82) is 0 Å². The van der Waals surface area contributed by atoms with Gasteiger partial charge in [-0.05, 0) is 19.1 Å². The quantitative estimate of drug-likeness (QED) is 0.800. The normalized spacial score (nSPS) is 17.1. The predicted molar refractivity (Wildman–Crippen MR) is 88.5 cm³/mol. The van der Waals surface area contributed by atoms with Crippen LogP contribution in [0.4, 0.5) is 8.78 Å². The minimum atomic E-state index is -4.17. The number of benzene rings is 1. The summed E-state index contributed by atoms with van der Waals surface area (Å²) in [6, 6.07) is 3.07. The Bertz CT molecular complexity index is 825. The Hall–Kier alpha value is -1.84. The lowest BCUT2D eigenvalue weighted by Crippen LogP contribution is -2.49. The van der Waals surface area contributed by atoms with Gasteiger partial charge in [-0.3, -0.25) is 4.90 Å².